The molecular formula is C3H4BrF3N2O. The second-order valence-electron chi connectivity index (χ2n) is 1.26. The lowest BCUT2D eigenvalue weighted by molar-refractivity contribution is -0.174. The van der Waals surface area contributed by atoms with Gasteiger partial charge in [0.1, 0.15) is 0 Å². The third kappa shape index (κ3) is 3.67. The first-order chi connectivity index (χ1) is 4.48. The van der Waals surface area contributed by atoms with Gasteiger partial charge in [-0.2, -0.15) is 13.2 Å². The van der Waals surface area contributed by atoms with E-state index < -0.39 is 12.1 Å². The van der Waals surface area contributed by atoms with E-state index in [-0.39, 0.29) is 5.45 Å². The predicted molar refractivity (Wildman–Crippen MR) is 31.1 cm³/mol. The Bertz CT molecular complexity index is 125. The molecule has 2 N–H and O–H groups in total. The van der Waals surface area contributed by atoms with E-state index >= 15 is 0 Å². The zero-order chi connectivity index (χ0) is 8.20. The highest BCUT2D eigenvalue weighted by molar-refractivity contribution is 9.09. The highest BCUT2D eigenvalue weighted by Gasteiger charge is 2.38. The largest absolute Gasteiger partial charge is 0.472 e. The first-order valence-electron chi connectivity index (χ1n) is 2.14. The molecule has 0 spiro atoms. The van der Waals surface area contributed by atoms with Gasteiger partial charge >= 0.3 is 12.1 Å². The lowest BCUT2D eigenvalue weighted by atomic mass is 10.6. The first-order valence-corrected chi connectivity index (χ1v) is 3.26. The lowest BCUT2D eigenvalue weighted by Gasteiger charge is -2.05. The Labute approximate surface area is 63.1 Å². The average Bonchev–Trinajstić information content (AvgIpc) is 1.80. The molecule has 0 unspecified atom stereocenters. The van der Waals surface area contributed by atoms with Crippen molar-refractivity contribution in [1.29, 1.82) is 0 Å². The van der Waals surface area contributed by atoms with E-state index in [9.17, 15) is 18.0 Å². The molecule has 0 aliphatic heterocycles. The second kappa shape index (κ2) is 3.77. The summed E-state index contributed by atoms with van der Waals surface area (Å²) < 4.78 is 33.9. The van der Waals surface area contributed by atoms with Gasteiger partial charge in [-0.1, -0.05) is 15.9 Å². The van der Waals surface area contributed by atoms with Gasteiger partial charge in [-0.15, -0.1) is 0 Å². The summed E-state index contributed by atoms with van der Waals surface area (Å²) in [5, 5.41) is 0. The van der Waals surface area contributed by atoms with E-state index in [0.717, 1.165) is 0 Å². The predicted octanol–water partition coefficient (Wildman–Crippen LogP) is 0.522. The molecule has 0 aromatic heterocycles. The van der Waals surface area contributed by atoms with E-state index in [1.165, 1.54) is 5.43 Å². The average molecular weight is 221 g/mol. The maximum Gasteiger partial charge on any atom is 0.472 e. The Morgan fingerprint density at radius 3 is 2.30 bits per heavy atom. The maximum absolute atomic E-state index is 11.3. The number of hydrazine groups is 1. The smallest absolute Gasteiger partial charge is 0.283 e. The molecule has 0 aliphatic rings. The normalized spacial score (nSPS) is 11.2. The topological polar surface area (TPSA) is 41.1 Å². The molecule has 0 saturated heterocycles. The Morgan fingerprint density at radius 2 is 2.00 bits per heavy atom. The van der Waals surface area contributed by atoms with E-state index in [1.807, 2.05) is 5.43 Å². The summed E-state index contributed by atoms with van der Waals surface area (Å²) in [5.41, 5.74) is 3.43. The monoisotopic (exact) mass is 220 g/mol. The molecule has 0 radical (unpaired) electrons. The molecule has 7 heteroatoms. The van der Waals surface area contributed by atoms with Crippen molar-refractivity contribution in [1.82, 2.24) is 10.9 Å². The number of alkyl halides is 4. The second-order valence-corrected chi connectivity index (χ2v) is 1.82. The molecular weight excluding hydrogens is 217 g/mol. The van der Waals surface area contributed by atoms with Crippen LogP contribution in [-0.4, -0.2) is 17.5 Å². The van der Waals surface area contributed by atoms with Crippen molar-refractivity contribution < 1.29 is 18.0 Å². The SMILES string of the molecule is O=C(NNCBr)C(F)(F)F. The van der Waals surface area contributed by atoms with Gasteiger partial charge in [-0.05, 0) is 0 Å². The van der Waals surface area contributed by atoms with Gasteiger partial charge in [-0.25, -0.2) is 5.43 Å². The molecule has 0 aromatic carbocycles. The van der Waals surface area contributed by atoms with Gasteiger partial charge in [0, 0.05) is 0 Å². The van der Waals surface area contributed by atoms with Crippen molar-refractivity contribution in [2.45, 2.75) is 6.18 Å². The number of carbonyl (C=O) groups is 1. The van der Waals surface area contributed by atoms with Crippen molar-refractivity contribution in [3.63, 3.8) is 0 Å². The van der Waals surface area contributed by atoms with Crippen LogP contribution in [0, 0.1) is 0 Å². The van der Waals surface area contributed by atoms with Crippen molar-refractivity contribution in [3.05, 3.63) is 0 Å². The highest BCUT2D eigenvalue weighted by Crippen LogP contribution is 2.13. The zero-order valence-electron chi connectivity index (χ0n) is 4.63. The van der Waals surface area contributed by atoms with Gasteiger partial charge in [0.05, 0.1) is 5.45 Å². The Morgan fingerprint density at radius 1 is 1.50 bits per heavy atom. The number of nitrogens with one attached hydrogen (secondary N) is 2. The van der Waals surface area contributed by atoms with Gasteiger partial charge in [0.25, 0.3) is 0 Å². The number of rotatable bonds is 2. The minimum atomic E-state index is -4.82. The number of amides is 1. The van der Waals surface area contributed by atoms with Gasteiger partial charge in [0.15, 0.2) is 0 Å². The molecule has 10 heavy (non-hydrogen) atoms. The molecule has 0 saturated carbocycles. The number of halogens is 4. The summed E-state index contributed by atoms with van der Waals surface area (Å²) in [4.78, 5) is 9.90. The van der Waals surface area contributed by atoms with Crippen LogP contribution in [0.2, 0.25) is 0 Å². The maximum atomic E-state index is 11.3. The van der Waals surface area contributed by atoms with E-state index in [2.05, 4.69) is 15.9 Å². The van der Waals surface area contributed by atoms with Crippen molar-refractivity contribution >= 4 is 21.8 Å². The molecule has 3 nitrogen and oxygen atoms in total. The molecule has 0 bridgehead atoms. The number of hydrogen-bond acceptors (Lipinski definition) is 2. The molecule has 1 amide bonds. The van der Waals surface area contributed by atoms with Crippen molar-refractivity contribution in [2.75, 3.05) is 5.45 Å². The fourth-order valence-electron chi connectivity index (χ4n) is 0.185. The van der Waals surface area contributed by atoms with Crippen molar-refractivity contribution in [3.8, 4) is 0 Å². The highest BCUT2D eigenvalue weighted by atomic mass is 79.9. The molecule has 0 fully saturated rings. The standard InChI is InChI=1S/C3H4BrF3N2O/c4-1-8-9-2(10)3(5,6)7/h8H,1H2,(H,9,10). The van der Waals surface area contributed by atoms with Gasteiger partial charge in [-0.3, -0.25) is 10.2 Å². The summed E-state index contributed by atoms with van der Waals surface area (Å²) >= 11 is 2.75. The molecule has 0 aromatic rings. The van der Waals surface area contributed by atoms with Crippen molar-refractivity contribution in [2.24, 2.45) is 0 Å². The summed E-state index contributed by atoms with van der Waals surface area (Å²) in [7, 11) is 0. The van der Waals surface area contributed by atoms with Crippen LogP contribution in [0.25, 0.3) is 0 Å². The number of carbonyl (C=O) groups excluding carboxylic acids is 1. The summed E-state index contributed by atoms with van der Waals surface area (Å²) in [5.74, 6) is -2.01. The van der Waals surface area contributed by atoms with Crippen LogP contribution >= 0.6 is 15.9 Å². The fourth-order valence-corrected chi connectivity index (χ4v) is 0.325. The summed E-state index contributed by atoms with van der Waals surface area (Å²) in [6.45, 7) is 0. The quantitative estimate of drug-likeness (QED) is 0.405. The molecule has 0 aliphatic carbocycles. The number of hydrogen-bond donors (Lipinski definition) is 2. The zero-order valence-corrected chi connectivity index (χ0v) is 6.21. The summed E-state index contributed by atoms with van der Waals surface area (Å²) in [6.07, 6.45) is -4.82. The van der Waals surface area contributed by atoms with Gasteiger partial charge < -0.3 is 0 Å². The Hall–Kier alpha value is -0.300. The van der Waals surface area contributed by atoms with Crippen LogP contribution in [0.5, 0.6) is 0 Å². The molecule has 0 heterocycles. The lowest BCUT2D eigenvalue weighted by Crippen LogP contribution is -2.44. The Balaban J connectivity index is 3.64. The summed E-state index contributed by atoms with van der Waals surface area (Å²) in [6, 6.07) is 0. The van der Waals surface area contributed by atoms with Crippen LogP contribution in [0.15, 0.2) is 0 Å². The molecule has 0 rings (SSSR count). The van der Waals surface area contributed by atoms with Crippen LogP contribution in [0.1, 0.15) is 0 Å². The van der Waals surface area contributed by atoms with E-state index in [0.29, 0.717) is 0 Å². The minimum Gasteiger partial charge on any atom is -0.283 e. The van der Waals surface area contributed by atoms with Crippen LogP contribution in [0.3, 0.4) is 0 Å². The third-order valence-electron chi connectivity index (χ3n) is 0.526. The molecule has 0 atom stereocenters. The van der Waals surface area contributed by atoms with Crippen LogP contribution in [-0.2, 0) is 4.79 Å². The van der Waals surface area contributed by atoms with Crippen LogP contribution in [0.4, 0.5) is 13.2 Å². The van der Waals surface area contributed by atoms with Gasteiger partial charge in [0.2, 0.25) is 0 Å². The Kier molecular flexibility index (Phi) is 3.66. The van der Waals surface area contributed by atoms with E-state index in [4.69, 9.17) is 0 Å². The fraction of sp³-hybridized carbons (Fsp3) is 0.667. The van der Waals surface area contributed by atoms with Crippen LogP contribution < -0.4 is 10.9 Å². The van der Waals surface area contributed by atoms with E-state index in [1.54, 1.807) is 0 Å². The third-order valence-corrected chi connectivity index (χ3v) is 0.807. The molecule has 60 valence electrons. The minimum absolute atomic E-state index is 0.0643. The first kappa shape index (κ1) is 9.70.